The van der Waals surface area contributed by atoms with Gasteiger partial charge in [-0.15, -0.1) is 11.8 Å². The van der Waals surface area contributed by atoms with Gasteiger partial charge >= 0.3 is 5.97 Å². The number of thioether (sulfide) groups is 1. The van der Waals surface area contributed by atoms with E-state index >= 15 is 0 Å². The highest BCUT2D eigenvalue weighted by Crippen LogP contribution is 2.48. The molecule has 0 fully saturated rings. The molecular formula is C22H23O4PS. The Balaban J connectivity index is 1.59. The highest BCUT2D eigenvalue weighted by molar-refractivity contribution is 8.05. The van der Waals surface area contributed by atoms with Gasteiger partial charge in [0.1, 0.15) is 0 Å². The third-order valence-electron chi connectivity index (χ3n) is 4.63. The second-order valence-corrected chi connectivity index (χ2v) is 10.7. The molecule has 4 nitrogen and oxygen atoms in total. The van der Waals surface area contributed by atoms with Gasteiger partial charge in [-0.1, -0.05) is 60.7 Å². The molecule has 28 heavy (non-hydrogen) atoms. The number of carboxylic acid groups (broad SMARTS) is 1. The maximum atomic E-state index is 12.6. The van der Waals surface area contributed by atoms with Crippen molar-refractivity contribution < 1.29 is 19.4 Å². The molecule has 0 spiro atoms. The van der Waals surface area contributed by atoms with E-state index in [0.29, 0.717) is 12.8 Å². The molecule has 0 saturated carbocycles. The smallest absolute Gasteiger partial charge is 0.307 e. The van der Waals surface area contributed by atoms with E-state index in [1.54, 1.807) is 0 Å². The normalized spacial score (nSPS) is 14.5. The van der Waals surface area contributed by atoms with Crippen LogP contribution in [0.15, 0.2) is 77.7 Å². The molecule has 3 rings (SSSR count). The molecule has 6 heteroatoms. The first kappa shape index (κ1) is 20.7. The van der Waals surface area contributed by atoms with Crippen LogP contribution in [0.4, 0.5) is 0 Å². The molecule has 0 saturated heterocycles. The van der Waals surface area contributed by atoms with Gasteiger partial charge in [0.2, 0.25) is 7.37 Å². The van der Waals surface area contributed by atoms with Crippen LogP contribution in [0.2, 0.25) is 0 Å². The number of aliphatic carboxylic acids is 1. The van der Waals surface area contributed by atoms with Gasteiger partial charge in [0.25, 0.3) is 0 Å². The zero-order chi connectivity index (χ0) is 20.0. The van der Waals surface area contributed by atoms with Crippen LogP contribution in [0.3, 0.4) is 0 Å². The van der Waals surface area contributed by atoms with Crippen molar-refractivity contribution in [1.82, 2.24) is 0 Å². The average molecular weight is 414 g/mol. The van der Waals surface area contributed by atoms with Gasteiger partial charge in [-0.05, 0) is 41.3 Å². The monoisotopic (exact) mass is 414 g/mol. The summed E-state index contributed by atoms with van der Waals surface area (Å²) in [4.78, 5) is 22.9. The van der Waals surface area contributed by atoms with Crippen LogP contribution in [0.5, 0.6) is 0 Å². The first-order valence-corrected chi connectivity index (χ1v) is 12.1. The van der Waals surface area contributed by atoms with Crippen LogP contribution in [0, 0.1) is 5.92 Å². The predicted octanol–water partition coefficient (Wildman–Crippen LogP) is 5.49. The Morgan fingerprint density at radius 2 is 1.64 bits per heavy atom. The quantitative estimate of drug-likeness (QED) is 0.358. The molecule has 0 aliphatic heterocycles. The van der Waals surface area contributed by atoms with Gasteiger partial charge in [-0.25, -0.2) is 0 Å². The molecule has 0 aromatic heterocycles. The molecule has 0 aliphatic rings. The minimum Gasteiger partial charge on any atom is -0.481 e. The van der Waals surface area contributed by atoms with E-state index in [1.165, 1.54) is 11.8 Å². The van der Waals surface area contributed by atoms with Crippen molar-refractivity contribution >= 4 is 35.9 Å². The van der Waals surface area contributed by atoms with Crippen LogP contribution in [-0.2, 0) is 15.8 Å². The van der Waals surface area contributed by atoms with Gasteiger partial charge in [0, 0.05) is 11.1 Å². The van der Waals surface area contributed by atoms with Crippen molar-refractivity contribution in [1.29, 1.82) is 0 Å². The summed E-state index contributed by atoms with van der Waals surface area (Å²) < 4.78 is 12.6. The minimum absolute atomic E-state index is 0.0143. The molecule has 0 radical (unpaired) electrons. The maximum absolute atomic E-state index is 12.6. The number of aryl methyl sites for hydroxylation is 1. The number of benzene rings is 3. The van der Waals surface area contributed by atoms with Crippen molar-refractivity contribution in [2.45, 2.75) is 17.7 Å². The fraction of sp³-hybridized carbons (Fsp3) is 0.227. The first-order chi connectivity index (χ1) is 13.4. The van der Waals surface area contributed by atoms with E-state index in [2.05, 4.69) is 0 Å². The lowest BCUT2D eigenvalue weighted by atomic mass is 10.0. The molecule has 0 amide bonds. The number of carboxylic acids is 1. The van der Waals surface area contributed by atoms with E-state index in [0.717, 1.165) is 21.2 Å². The van der Waals surface area contributed by atoms with Crippen molar-refractivity contribution in [2.75, 3.05) is 11.7 Å². The summed E-state index contributed by atoms with van der Waals surface area (Å²) in [7, 11) is -3.57. The van der Waals surface area contributed by atoms with Crippen LogP contribution in [0.25, 0.3) is 10.8 Å². The number of rotatable bonds is 9. The Labute approximate surface area is 169 Å². The van der Waals surface area contributed by atoms with Crippen molar-refractivity contribution in [2.24, 2.45) is 5.92 Å². The molecule has 0 heterocycles. The van der Waals surface area contributed by atoms with Gasteiger partial charge < -0.3 is 10.00 Å². The van der Waals surface area contributed by atoms with Gasteiger partial charge in [0.15, 0.2) is 0 Å². The number of hydrogen-bond acceptors (Lipinski definition) is 3. The molecule has 3 aromatic rings. The fourth-order valence-electron chi connectivity index (χ4n) is 3.11. The summed E-state index contributed by atoms with van der Waals surface area (Å²) in [5.41, 5.74) is 1.05. The number of carbonyl (C=O) groups is 1. The molecule has 2 unspecified atom stereocenters. The first-order valence-electron chi connectivity index (χ1n) is 9.12. The summed E-state index contributed by atoms with van der Waals surface area (Å²) in [6, 6.07) is 23.4. The van der Waals surface area contributed by atoms with E-state index < -0.39 is 19.3 Å². The maximum Gasteiger partial charge on any atom is 0.307 e. The highest BCUT2D eigenvalue weighted by Gasteiger charge is 2.28. The molecule has 3 aromatic carbocycles. The fourth-order valence-corrected chi connectivity index (χ4v) is 6.33. The number of hydrogen-bond donors (Lipinski definition) is 2. The summed E-state index contributed by atoms with van der Waals surface area (Å²) in [6.45, 7) is 0. The lowest BCUT2D eigenvalue weighted by Gasteiger charge is -2.17. The zero-order valence-electron chi connectivity index (χ0n) is 15.4. The Bertz CT molecular complexity index is 990. The molecular weight excluding hydrogens is 391 g/mol. The Morgan fingerprint density at radius 1 is 0.964 bits per heavy atom. The van der Waals surface area contributed by atoms with Gasteiger partial charge in [0.05, 0.1) is 11.4 Å². The minimum atomic E-state index is -3.57. The molecule has 0 aliphatic carbocycles. The summed E-state index contributed by atoms with van der Waals surface area (Å²) in [6.07, 6.45) is 0.732. The van der Waals surface area contributed by atoms with E-state index in [9.17, 15) is 19.4 Å². The van der Waals surface area contributed by atoms with E-state index in [1.807, 2.05) is 72.8 Å². The third-order valence-corrected chi connectivity index (χ3v) is 8.36. The lowest BCUT2D eigenvalue weighted by Crippen LogP contribution is -2.19. The number of fused-ring (bicyclic) bond motifs is 1. The zero-order valence-corrected chi connectivity index (χ0v) is 17.1. The topological polar surface area (TPSA) is 74.6 Å². The van der Waals surface area contributed by atoms with Crippen LogP contribution >= 0.6 is 19.1 Å². The second kappa shape index (κ2) is 9.42. The van der Waals surface area contributed by atoms with E-state index in [-0.39, 0.29) is 11.7 Å². The summed E-state index contributed by atoms with van der Waals surface area (Å²) >= 11 is 1.30. The van der Waals surface area contributed by atoms with Crippen LogP contribution in [-0.4, -0.2) is 27.6 Å². The average Bonchev–Trinajstić information content (AvgIpc) is 2.70. The van der Waals surface area contributed by atoms with Gasteiger partial charge in [-0.3, -0.25) is 9.36 Å². The third kappa shape index (κ3) is 5.96. The van der Waals surface area contributed by atoms with Crippen LogP contribution in [0.1, 0.15) is 12.0 Å². The standard InChI is InChI=1S/C22H23O4PS/c23-22(24)20(11-10-17-6-2-1-3-7-17)15-27(25,26)16-28-21-13-12-18-8-4-5-9-19(18)14-21/h1-9,12-14,20H,10-11,15-16H2,(H,23,24)(H,25,26). The second-order valence-electron chi connectivity index (χ2n) is 6.87. The molecule has 146 valence electrons. The highest BCUT2D eigenvalue weighted by atomic mass is 32.2. The Kier molecular flexibility index (Phi) is 6.95. The Morgan fingerprint density at radius 3 is 2.36 bits per heavy atom. The van der Waals surface area contributed by atoms with E-state index in [4.69, 9.17) is 0 Å². The molecule has 0 bridgehead atoms. The molecule has 2 atom stereocenters. The lowest BCUT2D eigenvalue weighted by molar-refractivity contribution is -0.141. The van der Waals surface area contributed by atoms with Gasteiger partial charge in [-0.2, -0.15) is 0 Å². The van der Waals surface area contributed by atoms with Crippen LogP contribution < -0.4 is 0 Å². The Hall–Kier alpha value is -2.07. The summed E-state index contributed by atoms with van der Waals surface area (Å²) in [5, 5.41) is 11.7. The van der Waals surface area contributed by atoms with Crippen molar-refractivity contribution in [3.8, 4) is 0 Å². The predicted molar refractivity (Wildman–Crippen MR) is 115 cm³/mol. The summed E-state index contributed by atoms with van der Waals surface area (Å²) in [5.74, 6) is -1.84. The van der Waals surface area contributed by atoms with Crippen molar-refractivity contribution in [3.05, 3.63) is 78.4 Å². The molecule has 2 N–H and O–H groups in total. The largest absolute Gasteiger partial charge is 0.481 e. The van der Waals surface area contributed by atoms with Crippen molar-refractivity contribution in [3.63, 3.8) is 0 Å². The SMILES string of the molecule is O=C(O)C(CCc1ccccc1)CP(=O)(O)CSc1ccc2ccccc2c1.